The van der Waals surface area contributed by atoms with E-state index in [2.05, 4.69) is 24.5 Å². The van der Waals surface area contributed by atoms with Crippen molar-refractivity contribution in [2.24, 2.45) is 0 Å². The molecular formula is C15H24N2O2. The highest BCUT2D eigenvalue weighted by Gasteiger charge is 2.07. The fraction of sp³-hybridized carbons (Fsp3) is 0.533. The van der Waals surface area contributed by atoms with Crippen LogP contribution in [0, 0.1) is 6.92 Å². The minimum absolute atomic E-state index is 0.277. The predicted octanol–water partition coefficient (Wildman–Crippen LogP) is 2.84. The first-order chi connectivity index (χ1) is 9.06. The second kappa shape index (κ2) is 7.79. The van der Waals surface area contributed by atoms with E-state index in [1.807, 2.05) is 25.1 Å². The van der Waals surface area contributed by atoms with Crippen LogP contribution >= 0.6 is 0 Å². The van der Waals surface area contributed by atoms with Crippen LogP contribution in [0.25, 0.3) is 0 Å². The summed E-state index contributed by atoms with van der Waals surface area (Å²) in [7, 11) is 0. The van der Waals surface area contributed by atoms with Crippen LogP contribution in [0.5, 0.6) is 0 Å². The lowest BCUT2D eigenvalue weighted by Crippen LogP contribution is -2.35. The Bertz CT molecular complexity index is 419. The Hall–Kier alpha value is -1.55. The largest absolute Gasteiger partial charge is 0.391 e. The number of anilines is 1. The van der Waals surface area contributed by atoms with Crippen molar-refractivity contribution in [3.63, 3.8) is 0 Å². The number of hydrogen-bond acceptors (Lipinski definition) is 2. The monoisotopic (exact) mass is 264 g/mol. The average molecular weight is 264 g/mol. The molecule has 1 unspecified atom stereocenters. The number of urea groups is 1. The highest BCUT2D eigenvalue weighted by Crippen LogP contribution is 2.15. The Morgan fingerprint density at radius 1 is 1.37 bits per heavy atom. The van der Waals surface area contributed by atoms with E-state index in [1.54, 1.807) is 0 Å². The molecule has 0 aliphatic rings. The van der Waals surface area contributed by atoms with Gasteiger partial charge >= 0.3 is 6.03 Å². The number of aryl methyl sites for hydroxylation is 2. The van der Waals surface area contributed by atoms with Gasteiger partial charge in [-0.3, -0.25) is 0 Å². The Morgan fingerprint density at radius 3 is 2.74 bits per heavy atom. The zero-order valence-electron chi connectivity index (χ0n) is 12.0. The van der Waals surface area contributed by atoms with Crippen LogP contribution in [-0.4, -0.2) is 23.8 Å². The highest BCUT2D eigenvalue weighted by atomic mass is 16.3. The number of aliphatic hydroxyl groups is 1. The quantitative estimate of drug-likeness (QED) is 0.740. The number of rotatable bonds is 6. The first kappa shape index (κ1) is 15.5. The number of amides is 2. The van der Waals surface area contributed by atoms with Gasteiger partial charge in [-0.25, -0.2) is 4.79 Å². The molecule has 4 nitrogen and oxygen atoms in total. The Balaban J connectivity index is 2.48. The maximum atomic E-state index is 11.7. The van der Waals surface area contributed by atoms with Gasteiger partial charge in [-0.2, -0.15) is 0 Å². The summed E-state index contributed by atoms with van der Waals surface area (Å²) in [5.74, 6) is 0. The van der Waals surface area contributed by atoms with Crippen LogP contribution in [0.15, 0.2) is 18.2 Å². The van der Waals surface area contributed by atoms with Gasteiger partial charge < -0.3 is 15.7 Å². The molecular weight excluding hydrogens is 240 g/mol. The number of nitrogens with one attached hydrogen (secondary N) is 2. The van der Waals surface area contributed by atoms with Gasteiger partial charge in [-0.1, -0.05) is 26.3 Å². The minimum Gasteiger partial charge on any atom is -0.391 e. The van der Waals surface area contributed by atoms with Crippen LogP contribution < -0.4 is 10.6 Å². The standard InChI is InChI=1S/C15H24N2O2/c1-4-6-14(18)10-16-15(19)17-13-8-7-11(3)12(5-2)9-13/h7-9,14,18H,4-6,10H2,1-3H3,(H2,16,17,19). The van der Waals surface area contributed by atoms with Crippen LogP contribution in [0.1, 0.15) is 37.8 Å². The van der Waals surface area contributed by atoms with E-state index < -0.39 is 6.10 Å². The Kier molecular flexibility index (Phi) is 6.36. The number of carbonyl (C=O) groups excluding carboxylic acids is 1. The smallest absolute Gasteiger partial charge is 0.319 e. The van der Waals surface area contributed by atoms with Crippen LogP contribution in [0.2, 0.25) is 0 Å². The molecule has 0 bridgehead atoms. The molecule has 0 saturated heterocycles. The lowest BCUT2D eigenvalue weighted by atomic mass is 10.1. The number of aliphatic hydroxyl groups excluding tert-OH is 1. The summed E-state index contributed by atoms with van der Waals surface area (Å²) in [6.07, 6.45) is 2.07. The molecule has 0 spiro atoms. The van der Waals surface area contributed by atoms with Gasteiger partial charge in [0.2, 0.25) is 0 Å². The zero-order chi connectivity index (χ0) is 14.3. The normalized spacial score (nSPS) is 12.0. The Labute approximate surface area is 115 Å². The molecule has 0 saturated carbocycles. The van der Waals surface area contributed by atoms with E-state index in [9.17, 15) is 9.90 Å². The third-order valence-corrected chi connectivity index (χ3v) is 3.11. The van der Waals surface area contributed by atoms with E-state index in [4.69, 9.17) is 0 Å². The molecule has 0 aromatic heterocycles. The summed E-state index contributed by atoms with van der Waals surface area (Å²) in [4.78, 5) is 11.7. The van der Waals surface area contributed by atoms with E-state index in [1.165, 1.54) is 11.1 Å². The van der Waals surface area contributed by atoms with Gasteiger partial charge in [-0.15, -0.1) is 0 Å². The lowest BCUT2D eigenvalue weighted by Gasteiger charge is -2.12. The van der Waals surface area contributed by atoms with Crippen molar-refractivity contribution in [1.29, 1.82) is 0 Å². The first-order valence-electron chi connectivity index (χ1n) is 6.89. The topological polar surface area (TPSA) is 61.4 Å². The summed E-state index contributed by atoms with van der Waals surface area (Å²) in [6.45, 7) is 6.44. The highest BCUT2D eigenvalue weighted by molar-refractivity contribution is 5.89. The summed E-state index contributed by atoms with van der Waals surface area (Å²) in [5, 5.41) is 15.0. The van der Waals surface area contributed by atoms with Gasteiger partial charge in [0.15, 0.2) is 0 Å². The van der Waals surface area contributed by atoms with Gasteiger partial charge in [0.1, 0.15) is 0 Å². The first-order valence-corrected chi connectivity index (χ1v) is 6.89. The molecule has 106 valence electrons. The lowest BCUT2D eigenvalue weighted by molar-refractivity contribution is 0.162. The van der Waals surface area contributed by atoms with Crippen molar-refractivity contribution in [3.05, 3.63) is 29.3 Å². The Morgan fingerprint density at radius 2 is 2.11 bits per heavy atom. The fourth-order valence-electron chi connectivity index (χ4n) is 1.95. The van der Waals surface area contributed by atoms with Crippen molar-refractivity contribution < 1.29 is 9.90 Å². The third kappa shape index (κ3) is 5.30. The van der Waals surface area contributed by atoms with Gasteiger partial charge in [0.25, 0.3) is 0 Å². The van der Waals surface area contributed by atoms with E-state index >= 15 is 0 Å². The van der Waals surface area contributed by atoms with Crippen molar-refractivity contribution in [3.8, 4) is 0 Å². The molecule has 1 rings (SSSR count). The van der Waals surface area contributed by atoms with E-state index in [0.717, 1.165) is 18.5 Å². The molecule has 2 amide bonds. The predicted molar refractivity (Wildman–Crippen MR) is 78.5 cm³/mol. The average Bonchev–Trinajstić information content (AvgIpc) is 2.39. The fourth-order valence-corrected chi connectivity index (χ4v) is 1.95. The van der Waals surface area contributed by atoms with Crippen LogP contribution in [0.3, 0.4) is 0 Å². The molecule has 3 N–H and O–H groups in total. The number of benzene rings is 1. The summed E-state index contributed by atoms with van der Waals surface area (Å²) < 4.78 is 0. The van der Waals surface area contributed by atoms with Gasteiger partial charge in [0, 0.05) is 12.2 Å². The molecule has 0 heterocycles. The molecule has 1 atom stereocenters. The van der Waals surface area contributed by atoms with Crippen molar-refractivity contribution >= 4 is 11.7 Å². The van der Waals surface area contributed by atoms with Crippen molar-refractivity contribution in [2.45, 2.75) is 46.1 Å². The summed E-state index contributed by atoms with van der Waals surface area (Å²) in [5.41, 5.74) is 3.24. The molecule has 1 aromatic carbocycles. The molecule has 1 aromatic rings. The third-order valence-electron chi connectivity index (χ3n) is 3.11. The van der Waals surface area contributed by atoms with E-state index in [-0.39, 0.29) is 12.6 Å². The summed E-state index contributed by atoms with van der Waals surface area (Å²) >= 11 is 0. The summed E-state index contributed by atoms with van der Waals surface area (Å²) in [6, 6.07) is 5.59. The van der Waals surface area contributed by atoms with Crippen molar-refractivity contribution in [1.82, 2.24) is 5.32 Å². The molecule has 0 aliphatic carbocycles. The number of hydrogen-bond donors (Lipinski definition) is 3. The molecule has 19 heavy (non-hydrogen) atoms. The zero-order valence-corrected chi connectivity index (χ0v) is 12.0. The molecule has 0 aliphatic heterocycles. The SMILES string of the molecule is CCCC(O)CNC(=O)Nc1ccc(C)c(CC)c1. The molecule has 0 fully saturated rings. The molecule has 0 radical (unpaired) electrons. The van der Waals surface area contributed by atoms with Crippen molar-refractivity contribution in [2.75, 3.05) is 11.9 Å². The molecule has 4 heteroatoms. The van der Waals surface area contributed by atoms with Gasteiger partial charge in [-0.05, 0) is 43.0 Å². The minimum atomic E-state index is -0.472. The second-order valence-corrected chi connectivity index (χ2v) is 4.77. The van der Waals surface area contributed by atoms with Crippen LogP contribution in [-0.2, 0) is 6.42 Å². The van der Waals surface area contributed by atoms with Gasteiger partial charge in [0.05, 0.1) is 6.10 Å². The van der Waals surface area contributed by atoms with Crippen LogP contribution in [0.4, 0.5) is 10.5 Å². The number of carbonyl (C=O) groups is 1. The van der Waals surface area contributed by atoms with E-state index in [0.29, 0.717) is 6.42 Å². The maximum Gasteiger partial charge on any atom is 0.319 e. The second-order valence-electron chi connectivity index (χ2n) is 4.77. The maximum absolute atomic E-state index is 11.7.